The number of rotatable bonds is 1. The van der Waals surface area contributed by atoms with E-state index in [0.29, 0.717) is 0 Å². The molecule has 0 amide bonds. The van der Waals surface area contributed by atoms with E-state index in [1.54, 1.807) is 0 Å². The molecule has 0 bridgehead atoms. The second-order valence-electron chi connectivity index (χ2n) is 0.656. The molecular weight excluding hydrogens is 103 g/mol. The summed E-state index contributed by atoms with van der Waals surface area (Å²) in [7, 11) is 2.74. The van der Waals surface area contributed by atoms with E-state index in [4.69, 9.17) is 0 Å². The van der Waals surface area contributed by atoms with E-state index in [1.807, 2.05) is 0 Å². The van der Waals surface area contributed by atoms with Gasteiger partial charge in [-0.15, -0.1) is 18.4 Å². The van der Waals surface area contributed by atoms with Gasteiger partial charge in [0, 0.05) is 10.2 Å². The van der Waals surface area contributed by atoms with Crippen molar-refractivity contribution in [1.29, 1.82) is 0 Å². The van der Waals surface area contributed by atoms with Gasteiger partial charge in [0.25, 0.3) is 0 Å². The van der Waals surface area contributed by atoms with Gasteiger partial charge in [0.2, 0.25) is 0 Å². The monoisotopic (exact) mass is 107 g/mol. The maximum Gasteiger partial charge on any atom is 1.00 e. The quantitative estimate of drug-likeness (QED) is 0.248. The van der Waals surface area contributed by atoms with Gasteiger partial charge in [-0.25, -0.2) is 0 Å². The Kier molecular flexibility index (Phi) is 9.88. The molecule has 0 saturated carbocycles. The van der Waals surface area contributed by atoms with Gasteiger partial charge in [-0.1, -0.05) is 0 Å². The molecule has 0 fully saturated rings. The van der Waals surface area contributed by atoms with Crippen molar-refractivity contribution in [2.75, 3.05) is 0 Å². The van der Waals surface area contributed by atoms with Crippen molar-refractivity contribution in [3.8, 4) is 0 Å². The molecule has 6 heavy (non-hydrogen) atoms. The van der Waals surface area contributed by atoms with Gasteiger partial charge in [-0.05, 0) is 0 Å². The largest absolute Gasteiger partial charge is 1.00 e. The molecule has 0 aromatic rings. The van der Waals surface area contributed by atoms with Crippen molar-refractivity contribution in [3.63, 3.8) is 0 Å². The Morgan fingerprint density at radius 3 is 2.00 bits per heavy atom. The predicted octanol–water partition coefficient (Wildman–Crippen LogP) is -3.97. The van der Waals surface area contributed by atoms with Crippen LogP contribution in [-0.4, -0.2) is 16.0 Å². The molecule has 1 atom stereocenters. The molecule has 0 aliphatic carbocycles. The molecule has 0 aliphatic rings. The van der Waals surface area contributed by atoms with Gasteiger partial charge in [0.1, 0.15) is 0 Å². The molecule has 0 aromatic carbocycles. The first-order chi connectivity index (χ1) is 2.27. The van der Waals surface area contributed by atoms with E-state index in [9.17, 15) is 5.11 Å². The maximum atomic E-state index is 9.69. The Hall–Kier alpha value is 0.917. The summed E-state index contributed by atoms with van der Waals surface area (Å²) in [6.07, 6.45) is 1.27. The van der Waals surface area contributed by atoms with Crippen LogP contribution < -0.4 is 34.7 Å². The molecule has 0 rings (SSSR count). The molecule has 0 heterocycles. The third-order valence-electron chi connectivity index (χ3n) is 0.214. The van der Waals surface area contributed by atoms with E-state index >= 15 is 0 Å². The minimum absolute atomic E-state index is 0. The summed E-state index contributed by atoms with van der Waals surface area (Å²) in [5.41, 5.74) is -0.796. The minimum Gasteiger partial charge on any atom is -0.852 e. The van der Waals surface area contributed by atoms with Crippen LogP contribution in [0.3, 0.4) is 0 Å². The van der Waals surface area contributed by atoms with Crippen LogP contribution in [0.15, 0.2) is 12.7 Å². The number of hydrogen-bond donors (Lipinski definition) is 0. The van der Waals surface area contributed by atoms with Gasteiger partial charge in [-0.3, -0.25) is 0 Å². The van der Waals surface area contributed by atoms with E-state index in [0.717, 1.165) is 0 Å². The van der Waals surface area contributed by atoms with Crippen LogP contribution in [0, 0.1) is 0 Å². The average molecular weight is 107 g/mol. The minimum atomic E-state index is -0.796. The zero-order valence-corrected chi connectivity index (χ0v) is 6.77. The van der Waals surface area contributed by atoms with Gasteiger partial charge in [-0.2, -0.15) is 0 Å². The third-order valence-corrected chi connectivity index (χ3v) is 0.450. The van der Waals surface area contributed by atoms with Crippen LogP contribution in [0.2, 0.25) is 0 Å². The van der Waals surface area contributed by atoms with Crippen molar-refractivity contribution in [1.82, 2.24) is 0 Å². The van der Waals surface area contributed by atoms with Gasteiger partial charge in [0.15, 0.2) is 0 Å². The molecule has 0 aromatic heterocycles. The molecule has 3 heteroatoms. The molecule has 0 spiro atoms. The predicted molar refractivity (Wildman–Crippen MR) is 19.7 cm³/mol. The molecule has 1 unspecified atom stereocenters. The summed E-state index contributed by atoms with van der Waals surface area (Å²) < 4.78 is 0. The summed E-state index contributed by atoms with van der Waals surface area (Å²) in [5.74, 6) is 0. The van der Waals surface area contributed by atoms with E-state index in [1.165, 1.54) is 6.08 Å². The van der Waals surface area contributed by atoms with Gasteiger partial charge < -0.3 is 5.11 Å². The standard InChI is InChI=1S/C3H4OSi.Na/c1-2-3(4)5;/h2-3H,1H2;/q-1;+1. The van der Waals surface area contributed by atoms with Crippen molar-refractivity contribution in [2.45, 2.75) is 5.73 Å². The average Bonchev–Trinajstić information content (AvgIpc) is 1.38. The van der Waals surface area contributed by atoms with Crippen LogP contribution in [0.1, 0.15) is 0 Å². The molecular formula is C3H4NaOSi. The first-order valence-electron chi connectivity index (χ1n) is 1.27. The Bertz CT molecular complexity index is 37.8. The van der Waals surface area contributed by atoms with Gasteiger partial charge >= 0.3 is 29.6 Å². The summed E-state index contributed by atoms with van der Waals surface area (Å²) in [5, 5.41) is 9.69. The third kappa shape index (κ3) is 8.87. The van der Waals surface area contributed by atoms with E-state index in [-0.39, 0.29) is 29.6 Å². The van der Waals surface area contributed by atoms with Crippen molar-refractivity contribution in [2.24, 2.45) is 0 Å². The first kappa shape index (κ1) is 10.0. The summed E-state index contributed by atoms with van der Waals surface area (Å²) in [6.45, 7) is 3.20. The van der Waals surface area contributed by atoms with Crippen molar-refractivity contribution in [3.05, 3.63) is 12.7 Å². The molecule has 0 aliphatic heterocycles. The fourth-order valence-electron chi connectivity index (χ4n) is 0. The topological polar surface area (TPSA) is 23.1 Å². The van der Waals surface area contributed by atoms with Crippen LogP contribution in [-0.2, 0) is 0 Å². The molecule has 0 N–H and O–H groups in total. The van der Waals surface area contributed by atoms with E-state index < -0.39 is 5.73 Å². The Morgan fingerprint density at radius 2 is 2.00 bits per heavy atom. The Labute approximate surface area is 63.2 Å². The Balaban J connectivity index is 0. The second-order valence-corrected chi connectivity index (χ2v) is 1.23. The van der Waals surface area contributed by atoms with Crippen molar-refractivity contribution < 1.29 is 34.7 Å². The smallest absolute Gasteiger partial charge is 0.852 e. The van der Waals surface area contributed by atoms with Crippen LogP contribution in [0.5, 0.6) is 0 Å². The fourth-order valence-corrected chi connectivity index (χ4v) is 0. The molecule has 27 valence electrons. The number of hydrogen-bond acceptors (Lipinski definition) is 1. The maximum absolute atomic E-state index is 9.69. The van der Waals surface area contributed by atoms with Crippen molar-refractivity contribution >= 4 is 10.2 Å². The summed E-state index contributed by atoms with van der Waals surface area (Å²) in [6, 6.07) is 0. The fraction of sp³-hybridized carbons (Fsp3) is 0.333. The van der Waals surface area contributed by atoms with E-state index in [2.05, 4.69) is 16.8 Å². The van der Waals surface area contributed by atoms with Crippen LogP contribution in [0.25, 0.3) is 0 Å². The molecule has 3 radical (unpaired) electrons. The SMILES string of the molecule is C=CC([O-])[Si].[Na+]. The molecule has 0 saturated heterocycles. The first-order valence-corrected chi connectivity index (χ1v) is 1.84. The van der Waals surface area contributed by atoms with Gasteiger partial charge in [0.05, 0.1) is 0 Å². The van der Waals surface area contributed by atoms with Crippen LogP contribution >= 0.6 is 0 Å². The Morgan fingerprint density at radius 1 is 1.83 bits per heavy atom. The summed E-state index contributed by atoms with van der Waals surface area (Å²) in [4.78, 5) is 0. The zero-order valence-electron chi connectivity index (χ0n) is 3.77. The summed E-state index contributed by atoms with van der Waals surface area (Å²) >= 11 is 0. The zero-order chi connectivity index (χ0) is 4.28. The van der Waals surface area contributed by atoms with Crippen LogP contribution in [0.4, 0.5) is 0 Å². The second kappa shape index (κ2) is 5.92. The molecule has 1 nitrogen and oxygen atoms in total. The normalized spacial score (nSPS) is 11.7.